The van der Waals surface area contributed by atoms with Crippen molar-refractivity contribution in [3.05, 3.63) is 26.7 Å². The summed E-state index contributed by atoms with van der Waals surface area (Å²) in [6.07, 6.45) is 4.46. The lowest BCUT2D eigenvalue weighted by Crippen LogP contribution is -2.23. The van der Waals surface area contributed by atoms with Crippen LogP contribution in [-0.4, -0.2) is 12.6 Å². The molecule has 2 nitrogen and oxygen atoms in total. The fourth-order valence-electron chi connectivity index (χ4n) is 2.36. The van der Waals surface area contributed by atoms with Gasteiger partial charge in [-0.15, -0.1) is 0 Å². The molecule has 1 aromatic rings. The number of nitrogens with one attached hydrogen (secondary N) is 1. The Morgan fingerprint density at radius 1 is 1.11 bits per heavy atom. The Hall–Kier alpha value is -0.150. The number of ether oxygens (including phenoxy) is 1. The lowest BCUT2D eigenvalue weighted by molar-refractivity contribution is 0.315. The third-order valence-corrected chi connectivity index (χ3v) is 4.49. The van der Waals surface area contributed by atoms with Gasteiger partial charge in [0.05, 0.1) is 21.7 Å². The maximum Gasteiger partial charge on any atom is 0.144 e. The normalized spacial score (nSPS) is 23.2. The number of hydrogen-bond donors (Lipinski definition) is 1. The van der Waals surface area contributed by atoms with E-state index in [4.69, 9.17) is 39.5 Å². The van der Waals surface area contributed by atoms with Crippen molar-refractivity contribution in [2.24, 2.45) is 0 Å². The van der Waals surface area contributed by atoms with Crippen molar-refractivity contribution < 1.29 is 4.74 Å². The van der Waals surface area contributed by atoms with Crippen molar-refractivity contribution in [3.63, 3.8) is 0 Å². The summed E-state index contributed by atoms with van der Waals surface area (Å²) in [5.41, 5.74) is 0.929. The molecule has 98 valence electrons. The third kappa shape index (κ3) is 2.44. The second-order valence-electron chi connectivity index (χ2n) is 4.88. The van der Waals surface area contributed by atoms with Gasteiger partial charge >= 0.3 is 0 Å². The molecule has 1 aliphatic carbocycles. The van der Waals surface area contributed by atoms with Crippen molar-refractivity contribution >= 4 is 34.8 Å². The van der Waals surface area contributed by atoms with Gasteiger partial charge in [-0.25, -0.2) is 0 Å². The van der Waals surface area contributed by atoms with Gasteiger partial charge < -0.3 is 10.1 Å². The van der Waals surface area contributed by atoms with E-state index in [1.165, 1.54) is 12.8 Å². The van der Waals surface area contributed by atoms with E-state index in [2.05, 4.69) is 5.32 Å². The van der Waals surface area contributed by atoms with E-state index in [-0.39, 0.29) is 6.04 Å². The van der Waals surface area contributed by atoms with Crippen LogP contribution in [0.4, 0.5) is 0 Å². The number of hydrogen-bond acceptors (Lipinski definition) is 2. The predicted molar refractivity (Wildman–Crippen MR) is 75.1 cm³/mol. The van der Waals surface area contributed by atoms with Gasteiger partial charge in [-0.1, -0.05) is 34.8 Å². The molecule has 1 fully saturated rings. The first-order chi connectivity index (χ1) is 8.66. The highest BCUT2D eigenvalue weighted by Gasteiger charge is 2.31. The Balaban J connectivity index is 2.05. The van der Waals surface area contributed by atoms with Crippen molar-refractivity contribution in [3.8, 4) is 5.75 Å². The molecule has 5 heteroatoms. The summed E-state index contributed by atoms with van der Waals surface area (Å²) >= 11 is 18.7. The molecule has 3 rings (SSSR count). The lowest BCUT2D eigenvalue weighted by Gasteiger charge is -2.21. The highest BCUT2D eigenvalue weighted by molar-refractivity contribution is 6.44. The average Bonchev–Trinajstić information content (AvgIpc) is 3.14. The van der Waals surface area contributed by atoms with Gasteiger partial charge in [-0.2, -0.15) is 0 Å². The van der Waals surface area contributed by atoms with Crippen molar-refractivity contribution in [2.75, 3.05) is 6.61 Å². The molecular weight excluding hydrogens is 293 g/mol. The molecule has 1 aliphatic heterocycles. The summed E-state index contributed by atoms with van der Waals surface area (Å²) in [5, 5.41) is 5.21. The van der Waals surface area contributed by atoms with E-state index in [1.54, 1.807) is 6.07 Å². The zero-order valence-electron chi connectivity index (χ0n) is 9.81. The van der Waals surface area contributed by atoms with Crippen LogP contribution in [0, 0.1) is 0 Å². The van der Waals surface area contributed by atoms with Gasteiger partial charge in [0.1, 0.15) is 5.75 Å². The van der Waals surface area contributed by atoms with Gasteiger partial charge in [0.2, 0.25) is 0 Å². The maximum atomic E-state index is 6.34. The summed E-state index contributed by atoms with van der Waals surface area (Å²) in [4.78, 5) is 0. The minimum absolute atomic E-state index is 0.193. The monoisotopic (exact) mass is 305 g/mol. The fourth-order valence-corrected chi connectivity index (χ4v) is 3.17. The Morgan fingerprint density at radius 2 is 1.89 bits per heavy atom. The maximum absolute atomic E-state index is 6.34. The number of fused-ring (bicyclic) bond motifs is 1. The summed E-state index contributed by atoms with van der Waals surface area (Å²) in [6, 6.07) is 2.46. The molecule has 1 aromatic carbocycles. The topological polar surface area (TPSA) is 21.3 Å². The second kappa shape index (κ2) is 5.09. The minimum atomic E-state index is 0.193. The predicted octanol–water partition coefficient (Wildman–Crippen LogP) is 4.61. The number of halogens is 3. The number of benzene rings is 1. The van der Waals surface area contributed by atoms with E-state index < -0.39 is 0 Å². The van der Waals surface area contributed by atoms with E-state index in [1.807, 2.05) is 0 Å². The van der Waals surface area contributed by atoms with Crippen LogP contribution in [0.1, 0.15) is 37.3 Å². The summed E-state index contributed by atoms with van der Waals surface area (Å²) < 4.78 is 5.73. The summed E-state index contributed by atoms with van der Waals surface area (Å²) in [7, 11) is 0. The molecule has 0 spiro atoms. The SMILES string of the molecule is Clc1cc(Cl)c2c(c1Cl)C(NC1CC1)CCCO2. The molecule has 1 unspecified atom stereocenters. The van der Waals surface area contributed by atoms with Crippen LogP contribution in [0.3, 0.4) is 0 Å². The van der Waals surface area contributed by atoms with E-state index in [9.17, 15) is 0 Å². The minimum Gasteiger partial charge on any atom is -0.492 e. The number of rotatable bonds is 2. The molecule has 18 heavy (non-hydrogen) atoms. The molecule has 0 amide bonds. The Kier molecular flexibility index (Phi) is 3.63. The van der Waals surface area contributed by atoms with Crippen LogP contribution in [0.25, 0.3) is 0 Å². The fraction of sp³-hybridized carbons (Fsp3) is 0.538. The lowest BCUT2D eigenvalue weighted by atomic mass is 10.0. The zero-order chi connectivity index (χ0) is 12.7. The van der Waals surface area contributed by atoms with Crippen LogP contribution in [0.5, 0.6) is 5.75 Å². The molecule has 0 radical (unpaired) electrons. The molecule has 0 bridgehead atoms. The van der Waals surface area contributed by atoms with Gasteiger partial charge in [0.25, 0.3) is 0 Å². The van der Waals surface area contributed by atoms with E-state index in [0.717, 1.165) is 18.4 Å². The molecule has 0 saturated heterocycles. The summed E-state index contributed by atoms with van der Waals surface area (Å²) in [5.74, 6) is 0.696. The zero-order valence-corrected chi connectivity index (χ0v) is 12.1. The smallest absolute Gasteiger partial charge is 0.144 e. The second-order valence-corrected chi connectivity index (χ2v) is 6.07. The van der Waals surface area contributed by atoms with Crippen LogP contribution >= 0.6 is 34.8 Å². The van der Waals surface area contributed by atoms with Crippen LogP contribution < -0.4 is 10.1 Å². The first-order valence-electron chi connectivity index (χ1n) is 6.23. The third-order valence-electron chi connectivity index (χ3n) is 3.41. The van der Waals surface area contributed by atoms with Gasteiger partial charge in [-0.05, 0) is 31.7 Å². The van der Waals surface area contributed by atoms with Crippen LogP contribution in [0.2, 0.25) is 15.1 Å². The van der Waals surface area contributed by atoms with Crippen LogP contribution in [0.15, 0.2) is 6.07 Å². The standard InChI is InChI=1S/C13H14Cl3NO/c14-8-6-9(15)13-11(12(8)16)10(2-1-5-18-13)17-7-3-4-7/h6-7,10,17H,1-5H2. The Labute approximate surface area is 122 Å². The van der Waals surface area contributed by atoms with Crippen molar-refractivity contribution in [1.82, 2.24) is 5.32 Å². The average molecular weight is 307 g/mol. The highest BCUT2D eigenvalue weighted by atomic mass is 35.5. The highest BCUT2D eigenvalue weighted by Crippen LogP contribution is 2.45. The molecule has 0 aromatic heterocycles. The van der Waals surface area contributed by atoms with E-state index >= 15 is 0 Å². The largest absolute Gasteiger partial charge is 0.492 e. The van der Waals surface area contributed by atoms with Crippen LogP contribution in [-0.2, 0) is 0 Å². The Morgan fingerprint density at radius 3 is 2.61 bits per heavy atom. The van der Waals surface area contributed by atoms with Gasteiger partial charge in [0, 0.05) is 17.6 Å². The van der Waals surface area contributed by atoms with Gasteiger partial charge in [0.15, 0.2) is 0 Å². The molecule has 2 aliphatic rings. The van der Waals surface area contributed by atoms with Crippen molar-refractivity contribution in [1.29, 1.82) is 0 Å². The van der Waals surface area contributed by atoms with Gasteiger partial charge in [-0.3, -0.25) is 0 Å². The Bertz CT molecular complexity index is 474. The van der Waals surface area contributed by atoms with E-state index in [0.29, 0.717) is 33.5 Å². The first kappa shape index (κ1) is 12.9. The molecule has 1 heterocycles. The van der Waals surface area contributed by atoms with Crippen molar-refractivity contribution in [2.45, 2.75) is 37.8 Å². The molecule has 1 N–H and O–H groups in total. The molecule has 1 saturated carbocycles. The first-order valence-corrected chi connectivity index (χ1v) is 7.36. The quantitative estimate of drug-likeness (QED) is 0.805. The molecular formula is C13H14Cl3NO. The molecule has 1 atom stereocenters. The summed E-state index contributed by atoms with van der Waals surface area (Å²) in [6.45, 7) is 0.674.